The molecule has 0 unspecified atom stereocenters. The molecule has 4 rings (SSSR count). The van der Waals surface area contributed by atoms with Crippen LogP contribution in [0.1, 0.15) is 48.5 Å². The summed E-state index contributed by atoms with van der Waals surface area (Å²) in [6, 6.07) is 2.57. The normalized spacial score (nSPS) is 19.6. The molecule has 2 heterocycles. The van der Waals surface area contributed by atoms with E-state index >= 15 is 0 Å². The van der Waals surface area contributed by atoms with Crippen molar-refractivity contribution in [2.45, 2.75) is 50.9 Å². The summed E-state index contributed by atoms with van der Waals surface area (Å²) in [4.78, 5) is 30.9. The van der Waals surface area contributed by atoms with Crippen molar-refractivity contribution in [2.24, 2.45) is 11.7 Å². The number of carbonyl (C=O) groups is 2. The van der Waals surface area contributed by atoms with Gasteiger partial charge in [0, 0.05) is 12.1 Å². The number of nitrogens with two attached hydrogens (primary N) is 1. The Hall–Kier alpha value is -3.16. The second-order valence-electron chi connectivity index (χ2n) is 9.18. The number of alkyl carbamates (subject to hydrolysis) is 1. The number of aliphatic hydroxyl groups excluding tert-OH is 1. The smallest absolute Gasteiger partial charge is 0.407 e. The number of hydrogen-bond acceptors (Lipinski definition) is 9. The Morgan fingerprint density at radius 1 is 1.32 bits per heavy atom. The first kappa shape index (κ1) is 29.4. The molecular weight excluding hydrogens is 530 g/mol. The molecule has 1 aliphatic heterocycles. The molecule has 0 radical (unpaired) electrons. The lowest BCUT2D eigenvalue weighted by atomic mass is 10.1. The predicted octanol–water partition coefficient (Wildman–Crippen LogP) is 3.10. The third-order valence-corrected chi connectivity index (χ3v) is 6.24. The Labute approximate surface area is 224 Å². The minimum Gasteiger partial charge on any atom is -0.489 e. The highest BCUT2D eigenvalue weighted by Gasteiger charge is 2.39. The number of alkyl halides is 2. The molecular formula is C24H31ClF2N4O7. The first-order valence-electron chi connectivity index (χ1n) is 11.9. The fourth-order valence-electron chi connectivity index (χ4n) is 4.16. The lowest BCUT2D eigenvalue weighted by Gasteiger charge is -2.22. The van der Waals surface area contributed by atoms with E-state index in [9.17, 15) is 23.5 Å². The molecule has 2 aromatic rings. The van der Waals surface area contributed by atoms with E-state index in [2.05, 4.69) is 19.8 Å². The molecule has 1 saturated carbocycles. The zero-order valence-electron chi connectivity index (χ0n) is 20.9. The number of nitrogens with one attached hydrogen (secondary N) is 1. The van der Waals surface area contributed by atoms with Crippen LogP contribution in [0.4, 0.5) is 13.6 Å². The number of ether oxygens (including phenoxy) is 3. The summed E-state index contributed by atoms with van der Waals surface area (Å²) in [5.74, 6) is -0.0140. The first-order chi connectivity index (χ1) is 17.7. The van der Waals surface area contributed by atoms with Crippen molar-refractivity contribution in [3.63, 3.8) is 0 Å². The minimum absolute atomic E-state index is 0. The molecule has 14 heteroatoms. The van der Waals surface area contributed by atoms with E-state index < -0.39 is 36.7 Å². The number of hydrogen-bond donors (Lipinski definition) is 3. The fourth-order valence-corrected chi connectivity index (χ4v) is 4.16. The van der Waals surface area contributed by atoms with Crippen LogP contribution in [-0.2, 0) is 4.74 Å². The molecule has 2 aliphatic rings. The van der Waals surface area contributed by atoms with E-state index in [-0.39, 0.29) is 54.4 Å². The molecule has 38 heavy (non-hydrogen) atoms. The topological polar surface area (TPSA) is 149 Å². The maximum atomic E-state index is 13.5. The van der Waals surface area contributed by atoms with Gasteiger partial charge in [-0.2, -0.15) is 8.78 Å². The maximum absolute atomic E-state index is 13.5. The van der Waals surface area contributed by atoms with Crippen LogP contribution in [0.15, 0.2) is 22.6 Å². The fraction of sp³-hybridized carbons (Fsp3) is 0.542. The van der Waals surface area contributed by atoms with Gasteiger partial charge < -0.3 is 39.7 Å². The van der Waals surface area contributed by atoms with Crippen LogP contribution in [0, 0.1) is 5.92 Å². The maximum Gasteiger partial charge on any atom is 0.407 e. The number of amides is 2. The average molecular weight is 561 g/mol. The van der Waals surface area contributed by atoms with Crippen LogP contribution >= 0.6 is 12.4 Å². The zero-order chi connectivity index (χ0) is 26.7. The van der Waals surface area contributed by atoms with Gasteiger partial charge in [0.2, 0.25) is 5.89 Å². The Morgan fingerprint density at radius 3 is 2.66 bits per heavy atom. The Morgan fingerprint density at radius 2 is 2.05 bits per heavy atom. The van der Waals surface area contributed by atoms with Crippen molar-refractivity contribution in [1.82, 2.24) is 15.2 Å². The summed E-state index contributed by atoms with van der Waals surface area (Å²) in [5, 5.41) is 12.5. The molecule has 11 nitrogen and oxygen atoms in total. The molecule has 1 aromatic heterocycles. The Bertz CT molecular complexity index is 1130. The van der Waals surface area contributed by atoms with E-state index in [1.54, 1.807) is 6.92 Å². The third-order valence-electron chi connectivity index (χ3n) is 6.24. The zero-order valence-corrected chi connectivity index (χ0v) is 21.7. The summed E-state index contributed by atoms with van der Waals surface area (Å²) < 4.78 is 46.5. The third kappa shape index (κ3) is 6.83. The molecule has 0 spiro atoms. The number of aromatic nitrogens is 1. The molecule has 210 valence electrons. The number of nitrogens with zero attached hydrogens (tertiary/aromatic N) is 2. The molecule has 4 N–H and O–H groups in total. The number of methoxy groups -OCH3 is 1. The lowest BCUT2D eigenvalue weighted by molar-refractivity contribution is -0.0515. The van der Waals surface area contributed by atoms with E-state index in [4.69, 9.17) is 14.9 Å². The van der Waals surface area contributed by atoms with Crippen LogP contribution < -0.4 is 20.5 Å². The van der Waals surface area contributed by atoms with E-state index in [1.807, 2.05) is 0 Å². The number of likely N-dealkylation sites (tertiary alicyclic amines) is 1. The SMILES string of the molecule is COC(=O)N[C@@H]1C[C@@H](CO)N(C(=O)c2nc(-c3ccc(OC(F)F)c(OCC4CC4)c3)oc2[C@H](C)N)C1.Cl. The molecule has 1 saturated heterocycles. The van der Waals surface area contributed by atoms with Gasteiger partial charge in [-0.25, -0.2) is 9.78 Å². The van der Waals surface area contributed by atoms with Crippen LogP contribution in [0.3, 0.4) is 0 Å². The van der Waals surface area contributed by atoms with Gasteiger partial charge in [-0.1, -0.05) is 0 Å². The predicted molar refractivity (Wildman–Crippen MR) is 132 cm³/mol. The molecule has 2 amide bonds. The van der Waals surface area contributed by atoms with Crippen molar-refractivity contribution in [3.8, 4) is 23.0 Å². The number of oxazole rings is 1. The molecule has 2 fully saturated rings. The largest absolute Gasteiger partial charge is 0.489 e. The monoisotopic (exact) mass is 560 g/mol. The highest BCUT2D eigenvalue weighted by molar-refractivity contribution is 5.94. The van der Waals surface area contributed by atoms with Gasteiger partial charge in [0.15, 0.2) is 23.0 Å². The van der Waals surface area contributed by atoms with Crippen molar-refractivity contribution >= 4 is 24.4 Å². The quantitative estimate of drug-likeness (QED) is 0.398. The van der Waals surface area contributed by atoms with Gasteiger partial charge in [0.25, 0.3) is 5.91 Å². The summed E-state index contributed by atoms with van der Waals surface area (Å²) in [6.45, 7) is -1.24. The number of carbonyl (C=O) groups excluding carboxylic acids is 2. The highest BCUT2D eigenvalue weighted by atomic mass is 35.5. The van der Waals surface area contributed by atoms with Crippen LogP contribution in [0.2, 0.25) is 0 Å². The van der Waals surface area contributed by atoms with Crippen LogP contribution in [0.25, 0.3) is 11.5 Å². The molecule has 1 aromatic carbocycles. The number of benzene rings is 1. The van der Waals surface area contributed by atoms with E-state index in [1.165, 1.54) is 30.2 Å². The van der Waals surface area contributed by atoms with E-state index in [0.29, 0.717) is 24.5 Å². The second-order valence-corrected chi connectivity index (χ2v) is 9.18. The average Bonchev–Trinajstić information content (AvgIpc) is 3.43. The van der Waals surface area contributed by atoms with Gasteiger partial charge in [-0.3, -0.25) is 4.79 Å². The van der Waals surface area contributed by atoms with Gasteiger partial charge in [-0.05, 0) is 50.3 Å². The van der Waals surface area contributed by atoms with E-state index in [0.717, 1.165) is 12.8 Å². The second kappa shape index (κ2) is 12.6. The summed E-state index contributed by atoms with van der Waals surface area (Å²) in [5.41, 5.74) is 6.39. The standard InChI is InChI=1S/C24H30F2N4O7.ClH/c1-12(27)20-19(22(32)30-9-15(8-16(30)10-31)28-24(33)34-2)29-21(37-20)14-5-6-17(36-23(25)26)18(7-14)35-11-13-3-4-13;/h5-7,12-13,15-16,23,31H,3-4,8-11,27H2,1-2H3,(H,28,33);1H/t12-,15+,16-;/m0./s1. The lowest BCUT2D eigenvalue weighted by Crippen LogP contribution is -2.40. The molecule has 1 aliphatic carbocycles. The number of halogens is 3. The number of rotatable bonds is 10. The van der Waals surface area contributed by atoms with Crippen molar-refractivity contribution in [2.75, 3.05) is 26.9 Å². The highest BCUT2D eigenvalue weighted by Crippen LogP contribution is 2.37. The minimum atomic E-state index is -3.03. The van der Waals surface area contributed by atoms with Crippen molar-refractivity contribution in [1.29, 1.82) is 0 Å². The van der Waals surface area contributed by atoms with Crippen molar-refractivity contribution in [3.05, 3.63) is 29.7 Å². The van der Waals surface area contributed by atoms with Gasteiger partial charge in [0.05, 0.1) is 38.4 Å². The van der Waals surface area contributed by atoms with Gasteiger partial charge in [0.1, 0.15) is 0 Å². The Kier molecular flexibility index (Phi) is 9.74. The summed E-state index contributed by atoms with van der Waals surface area (Å²) >= 11 is 0. The van der Waals surface area contributed by atoms with Crippen molar-refractivity contribution < 1.29 is 42.1 Å². The van der Waals surface area contributed by atoms with Gasteiger partial charge in [-0.15, -0.1) is 12.4 Å². The molecule has 0 bridgehead atoms. The Balaban J connectivity index is 0.00000400. The summed E-state index contributed by atoms with van der Waals surface area (Å²) in [6.07, 6.45) is 1.70. The van der Waals surface area contributed by atoms with Crippen LogP contribution in [0.5, 0.6) is 11.5 Å². The van der Waals surface area contributed by atoms with Crippen LogP contribution in [-0.4, -0.2) is 72.6 Å². The summed E-state index contributed by atoms with van der Waals surface area (Å²) in [7, 11) is 1.23. The first-order valence-corrected chi connectivity index (χ1v) is 11.9. The number of aliphatic hydroxyl groups is 1. The molecule has 3 atom stereocenters. The van der Waals surface area contributed by atoms with Gasteiger partial charge >= 0.3 is 12.7 Å².